The summed E-state index contributed by atoms with van der Waals surface area (Å²) in [6, 6.07) is 4.08. The quantitative estimate of drug-likeness (QED) is 0.918. The molecule has 1 N–H and O–H groups in total. The second-order valence-corrected chi connectivity index (χ2v) is 6.33. The highest BCUT2D eigenvalue weighted by Crippen LogP contribution is 2.34. The number of imidazole rings is 1. The van der Waals surface area contributed by atoms with E-state index in [-0.39, 0.29) is 0 Å². The molecule has 112 valence electrons. The molecule has 0 saturated carbocycles. The van der Waals surface area contributed by atoms with Gasteiger partial charge < -0.3 is 5.32 Å². The normalized spacial score (nSPS) is 27.5. The Kier molecular flexibility index (Phi) is 3.39. The third kappa shape index (κ3) is 2.24. The monoisotopic (exact) mass is 285 g/mol. The molecule has 5 heteroatoms. The Morgan fingerprint density at radius 3 is 3.00 bits per heavy atom. The van der Waals surface area contributed by atoms with Crippen molar-refractivity contribution in [2.75, 3.05) is 26.7 Å². The maximum atomic E-state index is 4.95. The van der Waals surface area contributed by atoms with Crippen molar-refractivity contribution < 1.29 is 0 Å². The summed E-state index contributed by atoms with van der Waals surface area (Å²) in [5.41, 5.74) is 2.09. The molecular formula is C16H23N5. The lowest BCUT2D eigenvalue weighted by Gasteiger charge is -2.28. The highest BCUT2D eigenvalue weighted by atomic mass is 15.3. The lowest BCUT2D eigenvalue weighted by Crippen LogP contribution is -2.32. The van der Waals surface area contributed by atoms with E-state index in [0.29, 0.717) is 12.1 Å². The molecule has 0 amide bonds. The smallest absolute Gasteiger partial charge is 0.161 e. The predicted octanol–water partition coefficient (Wildman–Crippen LogP) is 2.12. The maximum Gasteiger partial charge on any atom is 0.161 e. The Labute approximate surface area is 125 Å². The molecule has 0 spiro atoms. The number of likely N-dealkylation sites (tertiary alicyclic amines) is 1. The van der Waals surface area contributed by atoms with Gasteiger partial charge >= 0.3 is 0 Å². The Morgan fingerprint density at radius 2 is 2.24 bits per heavy atom. The van der Waals surface area contributed by atoms with E-state index in [9.17, 15) is 0 Å². The lowest BCUT2D eigenvalue weighted by molar-refractivity contribution is 0.232. The highest BCUT2D eigenvalue weighted by Gasteiger charge is 2.30. The molecule has 0 bridgehead atoms. The van der Waals surface area contributed by atoms with Gasteiger partial charge in [-0.2, -0.15) is 0 Å². The van der Waals surface area contributed by atoms with E-state index in [1.54, 1.807) is 0 Å². The van der Waals surface area contributed by atoms with Crippen molar-refractivity contribution in [3.05, 3.63) is 24.2 Å². The Hall–Kier alpha value is -1.46. The molecule has 2 atom stereocenters. The van der Waals surface area contributed by atoms with Crippen LogP contribution < -0.4 is 5.32 Å². The van der Waals surface area contributed by atoms with E-state index in [1.807, 2.05) is 12.3 Å². The molecule has 2 aliphatic rings. The van der Waals surface area contributed by atoms with Crippen LogP contribution in [0.25, 0.3) is 11.2 Å². The van der Waals surface area contributed by atoms with Crippen molar-refractivity contribution in [2.24, 2.45) is 0 Å². The van der Waals surface area contributed by atoms with E-state index < -0.39 is 0 Å². The van der Waals surface area contributed by atoms with E-state index in [4.69, 9.17) is 4.98 Å². The zero-order valence-electron chi connectivity index (χ0n) is 12.6. The average Bonchev–Trinajstić information content (AvgIpc) is 3.11. The van der Waals surface area contributed by atoms with Gasteiger partial charge in [0.1, 0.15) is 11.3 Å². The average molecular weight is 285 g/mol. The first kappa shape index (κ1) is 13.2. The van der Waals surface area contributed by atoms with Gasteiger partial charge in [-0.1, -0.05) is 0 Å². The molecule has 2 saturated heterocycles. The van der Waals surface area contributed by atoms with Gasteiger partial charge in [0.25, 0.3) is 0 Å². The highest BCUT2D eigenvalue weighted by molar-refractivity contribution is 5.71. The summed E-state index contributed by atoms with van der Waals surface area (Å²) in [4.78, 5) is 12.0. The number of aromatic nitrogens is 3. The zero-order valence-corrected chi connectivity index (χ0v) is 12.6. The van der Waals surface area contributed by atoms with Crippen molar-refractivity contribution >= 4 is 11.2 Å². The van der Waals surface area contributed by atoms with Crippen LogP contribution in [0.3, 0.4) is 0 Å². The van der Waals surface area contributed by atoms with Crippen molar-refractivity contribution in [1.82, 2.24) is 24.8 Å². The van der Waals surface area contributed by atoms with E-state index in [0.717, 1.165) is 24.3 Å². The standard InChI is InChI=1S/C16H23N5/c1-20-10-4-7-14(20)21-15(12-5-2-8-17-11-12)19-13-6-3-9-18-16(13)21/h3,6,9,12,14,17H,2,4-5,7-8,10-11H2,1H3. The lowest BCUT2D eigenvalue weighted by atomic mass is 9.98. The molecule has 2 aromatic rings. The van der Waals surface area contributed by atoms with E-state index >= 15 is 0 Å². The van der Waals surface area contributed by atoms with Crippen LogP contribution in [0.15, 0.2) is 18.3 Å². The van der Waals surface area contributed by atoms with Gasteiger partial charge in [-0.15, -0.1) is 0 Å². The van der Waals surface area contributed by atoms with Crippen molar-refractivity contribution in [3.63, 3.8) is 0 Å². The molecule has 2 unspecified atom stereocenters. The molecule has 4 rings (SSSR count). The zero-order chi connectivity index (χ0) is 14.2. The van der Waals surface area contributed by atoms with Crippen molar-refractivity contribution in [1.29, 1.82) is 0 Å². The van der Waals surface area contributed by atoms with Crippen molar-refractivity contribution in [3.8, 4) is 0 Å². The Morgan fingerprint density at radius 1 is 1.29 bits per heavy atom. The molecule has 2 aliphatic heterocycles. The number of hydrogen-bond acceptors (Lipinski definition) is 4. The molecule has 0 radical (unpaired) electrons. The number of fused-ring (bicyclic) bond motifs is 1. The number of nitrogens with zero attached hydrogens (tertiary/aromatic N) is 4. The number of nitrogens with one attached hydrogen (secondary N) is 1. The number of piperidine rings is 1. The number of rotatable bonds is 2. The molecule has 0 aromatic carbocycles. The molecule has 0 aliphatic carbocycles. The topological polar surface area (TPSA) is 46.0 Å². The van der Waals surface area contributed by atoms with Gasteiger partial charge in [0.2, 0.25) is 0 Å². The van der Waals surface area contributed by atoms with Gasteiger partial charge in [-0.3, -0.25) is 9.47 Å². The summed E-state index contributed by atoms with van der Waals surface area (Å²) in [7, 11) is 2.22. The van der Waals surface area contributed by atoms with Crippen LogP contribution in [0.5, 0.6) is 0 Å². The molecule has 4 heterocycles. The van der Waals surface area contributed by atoms with Crippen LogP contribution in [-0.4, -0.2) is 46.1 Å². The summed E-state index contributed by atoms with van der Waals surface area (Å²) < 4.78 is 2.42. The summed E-state index contributed by atoms with van der Waals surface area (Å²) in [5, 5.41) is 3.52. The minimum atomic E-state index is 0.418. The third-order valence-electron chi connectivity index (χ3n) is 4.92. The fourth-order valence-electron chi connectivity index (χ4n) is 3.82. The third-order valence-corrected chi connectivity index (χ3v) is 4.92. The van der Waals surface area contributed by atoms with Crippen LogP contribution in [0.4, 0.5) is 0 Å². The predicted molar refractivity (Wildman–Crippen MR) is 83.3 cm³/mol. The van der Waals surface area contributed by atoms with Crippen LogP contribution in [0, 0.1) is 0 Å². The second kappa shape index (κ2) is 5.39. The largest absolute Gasteiger partial charge is 0.316 e. The van der Waals surface area contributed by atoms with Crippen molar-refractivity contribution in [2.45, 2.75) is 37.8 Å². The van der Waals surface area contributed by atoms with Crippen LogP contribution in [-0.2, 0) is 0 Å². The van der Waals surface area contributed by atoms with E-state index in [1.165, 1.54) is 38.1 Å². The molecule has 2 aromatic heterocycles. The van der Waals surface area contributed by atoms with Gasteiger partial charge in [0.15, 0.2) is 5.65 Å². The van der Waals surface area contributed by atoms with Gasteiger partial charge in [0.05, 0.1) is 6.17 Å². The van der Waals surface area contributed by atoms with E-state index in [2.05, 4.69) is 32.9 Å². The van der Waals surface area contributed by atoms with Crippen LogP contribution in [0.2, 0.25) is 0 Å². The van der Waals surface area contributed by atoms with Crippen LogP contribution >= 0.6 is 0 Å². The molecule has 2 fully saturated rings. The second-order valence-electron chi connectivity index (χ2n) is 6.33. The first-order valence-electron chi connectivity index (χ1n) is 8.08. The molecule has 21 heavy (non-hydrogen) atoms. The van der Waals surface area contributed by atoms with Crippen LogP contribution in [0.1, 0.15) is 43.6 Å². The van der Waals surface area contributed by atoms with Gasteiger partial charge in [0, 0.05) is 18.7 Å². The Balaban J connectivity index is 1.84. The summed E-state index contributed by atoms with van der Waals surface area (Å²) in [6.45, 7) is 3.34. The first-order valence-corrected chi connectivity index (χ1v) is 8.08. The Bertz CT molecular complexity index is 629. The number of hydrogen-bond donors (Lipinski definition) is 1. The summed E-state index contributed by atoms with van der Waals surface area (Å²) in [5.74, 6) is 1.75. The molecule has 5 nitrogen and oxygen atoms in total. The van der Waals surface area contributed by atoms with Gasteiger partial charge in [-0.25, -0.2) is 9.97 Å². The fourth-order valence-corrected chi connectivity index (χ4v) is 3.82. The SMILES string of the molecule is CN1CCCC1n1c(C2CCCNC2)nc2cccnc21. The number of pyridine rings is 1. The maximum absolute atomic E-state index is 4.95. The minimum absolute atomic E-state index is 0.418. The summed E-state index contributed by atoms with van der Waals surface area (Å²) in [6.07, 6.45) is 7.23. The van der Waals surface area contributed by atoms with Gasteiger partial charge in [-0.05, 0) is 58.0 Å². The summed E-state index contributed by atoms with van der Waals surface area (Å²) >= 11 is 0. The fraction of sp³-hybridized carbons (Fsp3) is 0.625. The minimum Gasteiger partial charge on any atom is -0.316 e. The first-order chi connectivity index (χ1) is 10.3. The molecular weight excluding hydrogens is 262 g/mol.